The predicted molar refractivity (Wildman–Crippen MR) is 460 cm³/mol. The molecule has 10 aliphatic rings. The van der Waals surface area contributed by atoms with Crippen LogP contribution in [0.4, 0.5) is 0 Å². The summed E-state index contributed by atoms with van der Waals surface area (Å²) in [5, 5.41) is 0. The molecule has 5 aromatic carbocycles. The summed E-state index contributed by atoms with van der Waals surface area (Å²) < 4.78 is 535. The Morgan fingerprint density at radius 3 is 1.14 bits per heavy atom. The summed E-state index contributed by atoms with van der Waals surface area (Å²) in [5.74, 6) is -26.3. The number of fused-ring (bicyclic) bond motifs is 15. The molecule has 117 heavy (non-hydrogen) atoms. The van der Waals surface area contributed by atoms with E-state index in [-0.39, 0.29) is 143 Å². The molecular formula is C97H139N5O15. The Balaban J connectivity index is 0.000000206. The van der Waals surface area contributed by atoms with Crippen LogP contribution in [0.2, 0.25) is 0 Å². The molecule has 12 unspecified atom stereocenters. The summed E-state index contributed by atoms with van der Waals surface area (Å²) in [4.78, 5) is 70.9. The van der Waals surface area contributed by atoms with Crippen molar-refractivity contribution < 1.29 is 152 Å². The Morgan fingerprint density at radius 1 is 0.393 bits per heavy atom. The average Bonchev–Trinajstić information content (AvgIpc) is 0.663. The van der Waals surface area contributed by atoms with E-state index in [1.807, 2.05) is 13.8 Å². The molecule has 642 valence electrons. The van der Waals surface area contributed by atoms with Crippen LogP contribution in [0.3, 0.4) is 0 Å². The lowest BCUT2D eigenvalue weighted by atomic mass is 9.79. The van der Waals surface area contributed by atoms with Gasteiger partial charge in [-0.2, -0.15) is 0 Å². The third-order valence-electron chi connectivity index (χ3n) is 20.4. The summed E-state index contributed by atoms with van der Waals surface area (Å²) in [6.45, 7) is -12.2. The second-order valence-corrected chi connectivity index (χ2v) is 29.5. The number of ketones is 5. The van der Waals surface area contributed by atoms with Crippen LogP contribution in [-0.4, -0.2) is 189 Å². The van der Waals surface area contributed by atoms with Gasteiger partial charge in [0.1, 0.15) is 28.9 Å². The summed E-state index contributed by atoms with van der Waals surface area (Å²) >= 11 is 0. The van der Waals surface area contributed by atoms with Crippen LogP contribution >= 0.6 is 0 Å². The minimum atomic E-state index is -4.11. The first-order valence-corrected chi connectivity index (χ1v) is 37.6. The van der Waals surface area contributed by atoms with Crippen molar-refractivity contribution in [2.45, 2.75) is 208 Å². The van der Waals surface area contributed by atoms with Crippen LogP contribution in [0.25, 0.3) is 0 Å². The largest absolute Gasteiger partial charge is 0.493 e. The number of methoxy groups -OCH3 is 10. The topological polar surface area (TPSA) is 194 Å². The van der Waals surface area contributed by atoms with Gasteiger partial charge in [-0.25, -0.2) is 0 Å². The Kier molecular flexibility index (Phi) is 14.1. The molecule has 0 aliphatic carbocycles. The Labute approximate surface area is 782 Å². The minimum absolute atomic E-state index is 0.0311. The third-order valence-corrected chi connectivity index (χ3v) is 20.4. The zero-order valence-electron chi connectivity index (χ0n) is 126. The van der Waals surface area contributed by atoms with Crippen molar-refractivity contribution in [2.75, 3.05) is 136 Å². The van der Waals surface area contributed by atoms with Crippen molar-refractivity contribution in [3.05, 3.63) is 116 Å². The molecule has 0 bridgehead atoms. The van der Waals surface area contributed by atoms with E-state index >= 15 is 0 Å². The fourth-order valence-electron chi connectivity index (χ4n) is 14.7. The number of carbonyl (C=O) groups is 5. The minimum Gasteiger partial charge on any atom is -0.493 e. The van der Waals surface area contributed by atoms with Gasteiger partial charge in [0.25, 0.3) is 0 Å². The van der Waals surface area contributed by atoms with Crippen molar-refractivity contribution >= 4 is 28.9 Å². The maximum Gasteiger partial charge on any atom is 0.161 e. The smallest absolute Gasteiger partial charge is 0.161 e. The average molecular weight is 1670 g/mol. The SMILES string of the molecule is [2H]C([2H])([2H])Oc1cc2c(cc1OC)C1([2H])CC(=O)C(C([2H])([2H])C([2H])(C([2H])([2H])[2H])C([2H])([2H])C)CN1C([2H])([2H])C2([2H])[2H].[2H]C([2H])([2H])Oc1cc2c(cc1OC)C1([2H])CC(=O)C(CC(C)C)CN1C([2H])([2H])C2([2H])[2H].[2H]C([2H])([2H])Oc1cc2c(cc1OC)C1([2H])N(CC([2H])(CC(C)C)C(=O)C1([2H])[2H])C([2H])([2H])C2([2H])[2H].[2H]C([2H])([2H])Oc1cc2c(cc1OC)C1N(CC2)C([2H])([2H])C([2H])(C([2H])([2H])C([2H])(C([2H])([2H])[2H])C([2H])([2H])C)C(=O)C1([2H])[2H].[2H]C([2H])([2H])Oc1cc2c(cc1OC)C1N(CC2)C([2H])([2H])C([2H])(CC(C)C)C(=O)C1([2H])[2H]. The molecule has 0 aromatic heterocycles. The van der Waals surface area contributed by atoms with Crippen LogP contribution in [0, 0.1) is 59.1 Å². The Morgan fingerprint density at radius 2 is 0.735 bits per heavy atom. The number of hydrogen-bond donors (Lipinski definition) is 0. The highest BCUT2D eigenvalue weighted by Gasteiger charge is 2.45. The molecule has 0 radical (unpaired) electrons. The van der Waals surface area contributed by atoms with Gasteiger partial charge in [-0.3, -0.25) is 48.5 Å². The lowest BCUT2D eigenvalue weighted by Crippen LogP contribution is -2.46. The highest BCUT2D eigenvalue weighted by atomic mass is 16.5. The van der Waals surface area contributed by atoms with Gasteiger partial charge < -0.3 is 47.4 Å². The highest BCUT2D eigenvalue weighted by molar-refractivity contribution is 5.86. The molecule has 0 amide bonds. The molecule has 0 N–H and O–H groups in total. The molecule has 10 heterocycles. The number of nitrogens with zero attached hydrogens (tertiary/aromatic N) is 5. The number of rotatable bonds is 22. The van der Waals surface area contributed by atoms with E-state index in [0.717, 1.165) is 55.5 Å². The molecule has 0 spiro atoms. The number of aryl methyl sites for hydroxylation is 3. The van der Waals surface area contributed by atoms with Crippen molar-refractivity contribution in [3.63, 3.8) is 0 Å². The van der Waals surface area contributed by atoms with E-state index in [1.54, 1.807) is 27.7 Å². The van der Waals surface area contributed by atoms with Gasteiger partial charge in [-0.1, -0.05) is 81.8 Å². The van der Waals surface area contributed by atoms with Crippen LogP contribution in [-0.2, 0) is 55.9 Å². The van der Waals surface area contributed by atoms with E-state index < -0.39 is 294 Å². The standard InChI is InChI=1S/2C20H29NO3.3C19H27NO3/c2*1-5-13(2)8-15-12-21-7-6-14-9-19(23-3)20(24-4)10-16(14)17(21)11-18(15)22;3*1-12(2)7-14-11-20-6-5-13-8-18(22-3)19(23-4)9-15(13)16(20)10-17(14)21/h2*9-10,13,15,17H,5-8,11-12H2,1-4H3;3*8-9,12,14,16H,5-7,10-11H2,1-4H3/i2D3,3D3,5D2,8D2,11D2,12D2,13D,15D;2D3,3D3,5D2,6D2,7D2,8D2,13D,17D;3D3,5D2,6D2,10D2,14D,16D;3D3,10D2,11D2,14D;3D3,5D2,6D2,16D. The second-order valence-electron chi connectivity index (χ2n) is 29.5. The number of benzene rings is 5. The highest BCUT2D eigenvalue weighted by Crippen LogP contribution is 2.49. The van der Waals surface area contributed by atoms with Crippen molar-refractivity contribution in [1.82, 2.24) is 24.5 Å². The predicted octanol–water partition coefficient (Wildman–Crippen LogP) is 17.0. The van der Waals surface area contributed by atoms with Gasteiger partial charge in [-0.15, -0.1) is 0 Å². The molecule has 20 heteroatoms. The zero-order chi connectivity index (χ0) is 136. The van der Waals surface area contributed by atoms with Gasteiger partial charge in [0.2, 0.25) is 0 Å². The van der Waals surface area contributed by atoms with Gasteiger partial charge in [0, 0.05) is 213 Å². The molecule has 15 rings (SSSR count). The fourth-order valence-corrected chi connectivity index (χ4v) is 14.7. The molecule has 20 nitrogen and oxygen atoms in total. The summed E-state index contributed by atoms with van der Waals surface area (Å²) in [6.07, 6.45) is -32.1. The molecule has 5 saturated heterocycles. The summed E-state index contributed by atoms with van der Waals surface area (Å²) in [7, 11) is -8.31. The molecule has 5 fully saturated rings. The zero-order valence-corrected chi connectivity index (χ0v) is 67.2. The molecule has 5 aromatic rings. The Bertz CT molecular complexity index is 7010. The van der Waals surface area contributed by atoms with Crippen molar-refractivity contribution in [2.24, 2.45) is 59.1 Å². The molecule has 12 atom stereocenters. The third kappa shape index (κ3) is 21.0. The first-order chi connectivity index (χ1) is 78.5. The fraction of sp³-hybridized carbons (Fsp3) is 0.639. The lowest BCUT2D eigenvalue weighted by molar-refractivity contribution is -0.130. The van der Waals surface area contributed by atoms with Gasteiger partial charge >= 0.3 is 0 Å². The van der Waals surface area contributed by atoms with E-state index in [0.29, 0.717) is 46.1 Å². The van der Waals surface area contributed by atoms with E-state index in [1.165, 1.54) is 50.5 Å². The van der Waals surface area contributed by atoms with Crippen molar-refractivity contribution in [3.8, 4) is 57.5 Å². The number of piperidine rings is 5. The Hall–Kier alpha value is -7.75. The van der Waals surface area contributed by atoms with E-state index in [9.17, 15) is 25.3 Å². The van der Waals surface area contributed by atoms with Gasteiger partial charge in [0.15, 0.2) is 57.5 Å². The maximum absolute atomic E-state index is 13.8. The van der Waals surface area contributed by atoms with Crippen LogP contribution in [0.5, 0.6) is 57.5 Å². The monoisotopic (exact) mass is 1670 g/mol. The van der Waals surface area contributed by atoms with Gasteiger partial charge in [0.05, 0.1) is 95.4 Å². The summed E-state index contributed by atoms with van der Waals surface area (Å²) in [5.41, 5.74) is -0.813. The number of hydrogen-bond acceptors (Lipinski definition) is 20. The van der Waals surface area contributed by atoms with E-state index in [4.69, 9.17) is 127 Å². The normalized spacial score (nSPS) is 42.3. The first kappa shape index (κ1) is 40.3. The van der Waals surface area contributed by atoms with E-state index in [2.05, 4.69) is 0 Å². The maximum atomic E-state index is 13.8. The quantitative estimate of drug-likeness (QED) is 0.0634. The van der Waals surface area contributed by atoms with Crippen LogP contribution in [0.15, 0.2) is 60.7 Å². The number of carbonyl (C=O) groups excluding carboxylic acids is 5. The van der Waals surface area contributed by atoms with Gasteiger partial charge in [-0.05, 0) is 210 Å². The van der Waals surface area contributed by atoms with Crippen molar-refractivity contribution in [1.29, 1.82) is 0 Å². The lowest BCUT2D eigenvalue weighted by Gasteiger charge is -2.43. The number of Topliss-reactive ketones (excluding diaryl/α,β-unsaturated/α-hetero) is 5. The second kappa shape index (κ2) is 41.0. The molecule has 10 aliphatic heterocycles. The molecular weight excluding hydrogens is 1480 g/mol. The first-order valence-electron chi connectivity index (χ1n) is 67.1. The summed E-state index contributed by atoms with van der Waals surface area (Å²) in [6, 6.07) is 1.29. The molecule has 0 saturated carbocycles. The van der Waals surface area contributed by atoms with Crippen LogP contribution in [0.1, 0.15) is 312 Å². The number of ether oxygens (including phenoxy) is 10. The van der Waals surface area contributed by atoms with Crippen LogP contribution < -0.4 is 47.4 Å².